The number of primary sulfonamides is 1. The first kappa shape index (κ1) is 25.7. The Labute approximate surface area is 221 Å². The molecule has 2 saturated heterocycles. The van der Waals surface area contributed by atoms with E-state index in [1.807, 2.05) is 36.9 Å². The van der Waals surface area contributed by atoms with Gasteiger partial charge >= 0.3 is 0 Å². The van der Waals surface area contributed by atoms with E-state index in [4.69, 9.17) is 43.4 Å². The van der Waals surface area contributed by atoms with E-state index in [0.717, 1.165) is 60.8 Å². The molecule has 9 nitrogen and oxygen atoms in total. The Morgan fingerprint density at radius 3 is 2.69 bits per heavy atom. The van der Waals surface area contributed by atoms with Crippen LogP contribution in [0.15, 0.2) is 24.4 Å². The van der Waals surface area contributed by atoms with Gasteiger partial charge in [0.1, 0.15) is 11.3 Å². The molecule has 2 N–H and O–H groups in total. The van der Waals surface area contributed by atoms with E-state index in [0.29, 0.717) is 28.4 Å². The Hall–Kier alpha value is -1.98. The molecule has 2 atom stereocenters. The number of hydrogen-bond donors (Lipinski definition) is 1. The molecule has 2 fully saturated rings. The van der Waals surface area contributed by atoms with Crippen LogP contribution in [0.3, 0.4) is 0 Å². The third-order valence-electron chi connectivity index (χ3n) is 7.47. The molecule has 194 valence electrons. The summed E-state index contributed by atoms with van der Waals surface area (Å²) < 4.78 is 24.6. The van der Waals surface area contributed by atoms with Gasteiger partial charge in [-0.1, -0.05) is 29.3 Å². The first-order chi connectivity index (χ1) is 17.1. The van der Waals surface area contributed by atoms with Crippen LogP contribution in [0, 0.1) is 18.8 Å². The van der Waals surface area contributed by atoms with E-state index < -0.39 is 10.0 Å². The Kier molecular flexibility index (Phi) is 7.17. The molecular formula is C24H31Cl2N7O2S. The molecule has 4 heterocycles. The number of nitrogens with zero attached hydrogens (tertiary/aromatic N) is 6. The highest BCUT2D eigenvalue weighted by molar-refractivity contribution is 7.89. The molecule has 2 aliphatic rings. The molecule has 0 bridgehead atoms. The number of halogens is 2. The van der Waals surface area contributed by atoms with Crippen LogP contribution < -0.4 is 10.0 Å². The van der Waals surface area contributed by atoms with Gasteiger partial charge in [0.05, 0.1) is 23.7 Å². The summed E-state index contributed by atoms with van der Waals surface area (Å²) in [5.41, 5.74) is 3.26. The van der Waals surface area contributed by atoms with Gasteiger partial charge in [0, 0.05) is 36.2 Å². The molecule has 0 amide bonds. The highest BCUT2D eigenvalue weighted by atomic mass is 35.5. The molecule has 0 saturated carbocycles. The van der Waals surface area contributed by atoms with Crippen molar-refractivity contribution in [1.29, 1.82) is 0 Å². The number of sulfonamides is 1. The second kappa shape index (κ2) is 10.1. The highest BCUT2D eigenvalue weighted by Gasteiger charge is 2.37. The topological polar surface area (TPSA) is 110 Å². The van der Waals surface area contributed by atoms with E-state index in [-0.39, 0.29) is 11.8 Å². The number of hydrogen-bond acceptors (Lipinski definition) is 7. The molecule has 2 aliphatic heterocycles. The van der Waals surface area contributed by atoms with E-state index in [1.165, 1.54) is 6.42 Å². The average Bonchev–Trinajstić information content (AvgIpc) is 3.12. The minimum absolute atomic E-state index is 0.0128. The lowest BCUT2D eigenvalue weighted by molar-refractivity contribution is 0.125. The van der Waals surface area contributed by atoms with Crippen molar-refractivity contribution < 1.29 is 8.42 Å². The monoisotopic (exact) mass is 551 g/mol. The van der Waals surface area contributed by atoms with Gasteiger partial charge in [-0.3, -0.25) is 0 Å². The third-order valence-corrected chi connectivity index (χ3v) is 8.79. The Morgan fingerprint density at radius 1 is 1.19 bits per heavy atom. The first-order valence-electron chi connectivity index (χ1n) is 12.2. The van der Waals surface area contributed by atoms with Gasteiger partial charge in [-0.25, -0.2) is 28.2 Å². The van der Waals surface area contributed by atoms with Crippen LogP contribution in [0.25, 0.3) is 11.2 Å². The fourth-order valence-corrected chi connectivity index (χ4v) is 6.45. The quantitative estimate of drug-likeness (QED) is 0.478. The molecular weight excluding hydrogens is 521 g/mol. The predicted octanol–water partition coefficient (Wildman–Crippen LogP) is 3.49. The zero-order valence-corrected chi connectivity index (χ0v) is 22.8. The van der Waals surface area contributed by atoms with Crippen molar-refractivity contribution >= 4 is 50.2 Å². The molecule has 0 aliphatic carbocycles. The molecule has 1 aromatic carbocycles. The number of rotatable bonds is 7. The van der Waals surface area contributed by atoms with Crippen LogP contribution in [0.4, 0.5) is 5.82 Å². The highest BCUT2D eigenvalue weighted by Crippen LogP contribution is 2.35. The minimum Gasteiger partial charge on any atom is -0.355 e. The Morgan fingerprint density at radius 2 is 1.97 bits per heavy atom. The largest absolute Gasteiger partial charge is 0.355 e. The van der Waals surface area contributed by atoms with E-state index in [9.17, 15) is 8.42 Å². The molecule has 3 aromatic rings. The SMILES string of the molecule is Cc1nn(C(C)c2ccc(Cl)cc2Cl)c2nc(N3CC([C@@H]4CCCN(CCS(N)(=O)=O)C4)C3)cnc12. The van der Waals surface area contributed by atoms with Gasteiger partial charge in [-0.15, -0.1) is 0 Å². The average molecular weight is 553 g/mol. The van der Waals surface area contributed by atoms with Gasteiger partial charge in [0.2, 0.25) is 10.0 Å². The second-order valence-corrected chi connectivity index (χ2v) is 12.6. The summed E-state index contributed by atoms with van der Waals surface area (Å²) in [6.07, 6.45) is 4.08. The number of aryl methyl sites for hydroxylation is 1. The maximum absolute atomic E-state index is 11.3. The van der Waals surface area contributed by atoms with Crippen molar-refractivity contribution in [3.63, 3.8) is 0 Å². The fourth-order valence-electron chi connectivity index (χ4n) is 5.37. The number of fused-ring (bicyclic) bond motifs is 1. The maximum Gasteiger partial charge on any atom is 0.210 e. The summed E-state index contributed by atoms with van der Waals surface area (Å²) in [6.45, 7) is 8.17. The van der Waals surface area contributed by atoms with Crippen molar-refractivity contribution in [3.8, 4) is 0 Å². The van der Waals surface area contributed by atoms with Gasteiger partial charge in [0.15, 0.2) is 5.65 Å². The first-order valence-corrected chi connectivity index (χ1v) is 14.7. The summed E-state index contributed by atoms with van der Waals surface area (Å²) in [7, 11) is -3.43. The smallest absolute Gasteiger partial charge is 0.210 e. The third kappa shape index (κ3) is 5.33. The van der Waals surface area contributed by atoms with Crippen LogP contribution in [0.5, 0.6) is 0 Å². The van der Waals surface area contributed by atoms with Gasteiger partial charge < -0.3 is 9.80 Å². The summed E-state index contributed by atoms with van der Waals surface area (Å²) in [5.74, 6) is 1.96. The maximum atomic E-state index is 11.3. The van der Waals surface area contributed by atoms with Crippen molar-refractivity contribution in [2.45, 2.75) is 32.7 Å². The standard InChI is InChI=1S/C24H31Cl2N7O2S/c1-15-23-24(33(30-15)16(2)20-6-5-19(25)10-21(20)26)29-22(11-28-23)32-13-18(14-32)17-4-3-7-31(12-17)8-9-36(27,34)35/h5-6,10-11,16-18H,3-4,7-9,12-14H2,1-2H3,(H2,27,34,35)/t16?,17-/m1/s1. The van der Waals surface area contributed by atoms with Crippen molar-refractivity contribution in [2.24, 2.45) is 17.0 Å². The molecule has 36 heavy (non-hydrogen) atoms. The number of likely N-dealkylation sites (tertiary alicyclic amines) is 1. The summed E-state index contributed by atoms with van der Waals surface area (Å²) in [5, 5.41) is 11.1. The lowest BCUT2D eigenvalue weighted by Gasteiger charge is -2.47. The van der Waals surface area contributed by atoms with Crippen molar-refractivity contribution in [1.82, 2.24) is 24.6 Å². The normalized spacial score (nSPS) is 20.6. The molecule has 5 rings (SSSR count). The van der Waals surface area contributed by atoms with Crippen LogP contribution in [0.1, 0.15) is 37.1 Å². The lowest BCUT2D eigenvalue weighted by Crippen LogP contribution is -2.54. The van der Waals surface area contributed by atoms with Gasteiger partial charge in [0.25, 0.3) is 0 Å². The van der Waals surface area contributed by atoms with Crippen LogP contribution in [-0.2, 0) is 10.0 Å². The molecule has 12 heteroatoms. The lowest BCUT2D eigenvalue weighted by atomic mass is 9.80. The van der Waals surface area contributed by atoms with E-state index in [2.05, 4.69) is 9.80 Å². The van der Waals surface area contributed by atoms with E-state index >= 15 is 0 Å². The number of piperidine rings is 1. The fraction of sp³-hybridized carbons (Fsp3) is 0.542. The molecule has 0 radical (unpaired) electrons. The molecule has 0 spiro atoms. The van der Waals surface area contributed by atoms with Gasteiger partial charge in [-0.05, 0) is 62.8 Å². The minimum atomic E-state index is -3.43. The van der Waals surface area contributed by atoms with E-state index in [1.54, 1.807) is 6.07 Å². The van der Waals surface area contributed by atoms with Crippen molar-refractivity contribution in [3.05, 3.63) is 45.7 Å². The Balaban J connectivity index is 1.29. The second-order valence-electron chi connectivity index (χ2n) is 10.0. The van der Waals surface area contributed by atoms with Crippen LogP contribution >= 0.6 is 23.2 Å². The van der Waals surface area contributed by atoms with Gasteiger partial charge in [-0.2, -0.15) is 5.10 Å². The zero-order valence-electron chi connectivity index (χ0n) is 20.4. The number of nitrogens with two attached hydrogens (primary N) is 1. The number of aromatic nitrogens is 4. The van der Waals surface area contributed by atoms with Crippen molar-refractivity contribution in [2.75, 3.05) is 43.4 Å². The zero-order chi connectivity index (χ0) is 25.6. The predicted molar refractivity (Wildman–Crippen MR) is 143 cm³/mol. The summed E-state index contributed by atoms with van der Waals surface area (Å²) in [4.78, 5) is 14.2. The number of benzene rings is 1. The van der Waals surface area contributed by atoms with Crippen LogP contribution in [0.2, 0.25) is 10.0 Å². The molecule has 2 aromatic heterocycles. The van der Waals surface area contributed by atoms with Crippen LogP contribution in [-0.4, -0.2) is 71.5 Å². The summed E-state index contributed by atoms with van der Waals surface area (Å²) >= 11 is 12.6. The Bertz CT molecular complexity index is 1370. The molecule has 1 unspecified atom stereocenters. The summed E-state index contributed by atoms with van der Waals surface area (Å²) in [6, 6.07) is 5.36. The number of anilines is 1.